The normalized spacial score (nSPS) is 9.86. The largest absolute Gasteiger partial charge is 0.378 e. The molecule has 0 heterocycles. The van der Waals surface area contributed by atoms with Gasteiger partial charge in [0.2, 0.25) is 0 Å². The Balaban J connectivity index is 3.26. The molecule has 0 aliphatic rings. The molecule has 39 valence electrons. The van der Waals surface area contributed by atoms with Gasteiger partial charge in [0, 0.05) is 6.08 Å². The lowest BCUT2D eigenvalue weighted by Crippen LogP contribution is -1.81. The van der Waals surface area contributed by atoms with Crippen molar-refractivity contribution in [1.82, 2.24) is 0 Å². The van der Waals surface area contributed by atoms with Gasteiger partial charge in [-0.15, -0.1) is 0 Å². The highest BCUT2D eigenvalue weighted by Gasteiger charge is 1.83. The van der Waals surface area contributed by atoms with Crippen LogP contribution >= 0.6 is 0 Å². The van der Waals surface area contributed by atoms with Crippen LogP contribution in [0.5, 0.6) is 0 Å². The molecule has 0 spiro atoms. The van der Waals surface area contributed by atoms with E-state index in [1.54, 1.807) is 0 Å². The molecule has 0 aromatic carbocycles. The molecule has 0 aliphatic carbocycles. The van der Waals surface area contributed by atoms with Gasteiger partial charge in [-0.3, -0.25) is 0 Å². The maximum Gasteiger partial charge on any atom is 0.378 e. The van der Waals surface area contributed by atoms with Gasteiger partial charge in [-0.1, -0.05) is 13.0 Å². The van der Waals surface area contributed by atoms with Crippen molar-refractivity contribution in [2.75, 3.05) is 0 Å². The molecule has 2 heteroatoms. The van der Waals surface area contributed by atoms with E-state index in [-0.39, 0.29) is 0 Å². The standard InChI is InChI=1S/C5H7O2/c1-2-3-4-5(6)7/h3-4H,2H2,1H3/b4-3-. The lowest BCUT2D eigenvalue weighted by Gasteiger charge is -1.69. The third kappa shape index (κ3) is 5.21. The van der Waals surface area contributed by atoms with E-state index in [0.717, 1.165) is 12.5 Å². The summed E-state index contributed by atoms with van der Waals surface area (Å²) in [7, 11) is 0. The molecule has 7 heavy (non-hydrogen) atoms. The van der Waals surface area contributed by atoms with E-state index in [9.17, 15) is 9.90 Å². The van der Waals surface area contributed by atoms with Crippen molar-refractivity contribution in [3.05, 3.63) is 12.2 Å². The molecule has 0 atom stereocenters. The molecular formula is C5H7O2. The van der Waals surface area contributed by atoms with Crippen molar-refractivity contribution in [2.45, 2.75) is 13.3 Å². The van der Waals surface area contributed by atoms with Gasteiger partial charge in [0.1, 0.15) is 0 Å². The van der Waals surface area contributed by atoms with E-state index in [1.807, 2.05) is 6.92 Å². The maximum atomic E-state index is 9.56. The molecule has 0 saturated carbocycles. The fourth-order valence-electron chi connectivity index (χ4n) is 0.214. The van der Waals surface area contributed by atoms with Crippen molar-refractivity contribution >= 4 is 5.97 Å². The van der Waals surface area contributed by atoms with Gasteiger partial charge >= 0.3 is 5.97 Å². The van der Waals surface area contributed by atoms with Crippen molar-refractivity contribution in [3.63, 3.8) is 0 Å². The Morgan fingerprint density at radius 2 is 2.29 bits per heavy atom. The molecule has 0 aromatic heterocycles. The molecule has 0 fully saturated rings. The van der Waals surface area contributed by atoms with Gasteiger partial charge in [-0.05, 0) is 6.42 Å². The Morgan fingerprint density at radius 1 is 1.71 bits per heavy atom. The van der Waals surface area contributed by atoms with Crippen molar-refractivity contribution in [1.29, 1.82) is 0 Å². The second-order valence-corrected chi connectivity index (χ2v) is 1.13. The third-order valence-electron chi connectivity index (χ3n) is 0.490. The molecule has 1 radical (unpaired) electrons. The Morgan fingerprint density at radius 3 is 2.43 bits per heavy atom. The minimum Gasteiger partial charge on any atom is -0.242 e. The maximum absolute atomic E-state index is 9.56. The van der Waals surface area contributed by atoms with Crippen LogP contribution in [0.1, 0.15) is 13.3 Å². The molecule has 0 N–H and O–H groups in total. The zero-order valence-electron chi connectivity index (χ0n) is 4.18. The molecule has 0 aliphatic heterocycles. The third-order valence-corrected chi connectivity index (χ3v) is 0.490. The van der Waals surface area contributed by atoms with Crippen LogP contribution < -0.4 is 0 Å². The summed E-state index contributed by atoms with van der Waals surface area (Å²) in [4.78, 5) is 9.56. The molecule has 0 rings (SSSR count). The Kier molecular flexibility index (Phi) is 3.02. The summed E-state index contributed by atoms with van der Waals surface area (Å²) in [6.07, 6.45) is 3.31. The molecule has 0 bridgehead atoms. The summed E-state index contributed by atoms with van der Waals surface area (Å²) in [6.45, 7) is 1.86. The summed E-state index contributed by atoms with van der Waals surface area (Å²) in [5, 5.41) is 9.56. The van der Waals surface area contributed by atoms with Gasteiger partial charge in [0.25, 0.3) is 0 Å². The van der Waals surface area contributed by atoms with E-state index in [0.29, 0.717) is 0 Å². The zero-order valence-corrected chi connectivity index (χ0v) is 4.18. The SMILES string of the molecule is CC/C=C\C([O])=O. The van der Waals surface area contributed by atoms with E-state index in [2.05, 4.69) is 0 Å². The summed E-state index contributed by atoms with van der Waals surface area (Å²) >= 11 is 0. The van der Waals surface area contributed by atoms with Crippen molar-refractivity contribution < 1.29 is 9.90 Å². The van der Waals surface area contributed by atoms with Crippen LogP contribution in [0.15, 0.2) is 12.2 Å². The van der Waals surface area contributed by atoms with Crippen LogP contribution in [0.4, 0.5) is 0 Å². The van der Waals surface area contributed by atoms with Gasteiger partial charge in [0.05, 0.1) is 0 Å². The molecule has 0 saturated heterocycles. The topological polar surface area (TPSA) is 37.0 Å². The first-order chi connectivity index (χ1) is 3.27. The average Bonchev–Trinajstić information content (AvgIpc) is 1.61. The highest BCUT2D eigenvalue weighted by molar-refractivity contribution is 5.79. The van der Waals surface area contributed by atoms with Crippen LogP contribution in [0.3, 0.4) is 0 Å². The highest BCUT2D eigenvalue weighted by Crippen LogP contribution is 1.77. The molecular weight excluding hydrogens is 92.1 g/mol. The van der Waals surface area contributed by atoms with Gasteiger partial charge < -0.3 is 0 Å². The van der Waals surface area contributed by atoms with E-state index in [1.165, 1.54) is 6.08 Å². The van der Waals surface area contributed by atoms with Crippen molar-refractivity contribution in [3.8, 4) is 0 Å². The fraction of sp³-hybridized carbons (Fsp3) is 0.400. The smallest absolute Gasteiger partial charge is 0.242 e. The lowest BCUT2D eigenvalue weighted by atomic mass is 10.4. The number of hydrogen-bond acceptors (Lipinski definition) is 1. The van der Waals surface area contributed by atoms with Gasteiger partial charge in [0.15, 0.2) is 0 Å². The van der Waals surface area contributed by atoms with E-state index >= 15 is 0 Å². The van der Waals surface area contributed by atoms with Crippen LogP contribution in [-0.4, -0.2) is 5.97 Å². The first-order valence-corrected chi connectivity index (χ1v) is 2.15. The lowest BCUT2D eigenvalue weighted by molar-refractivity contribution is -0.137. The molecule has 0 amide bonds. The van der Waals surface area contributed by atoms with Crippen LogP contribution in [-0.2, 0) is 9.90 Å². The monoisotopic (exact) mass is 99.0 g/mol. The predicted octanol–water partition coefficient (Wildman–Crippen LogP) is 0.910. The zero-order chi connectivity index (χ0) is 5.70. The quantitative estimate of drug-likeness (QED) is 0.474. The Hall–Kier alpha value is -0.790. The summed E-state index contributed by atoms with van der Waals surface area (Å²) in [6, 6.07) is 0. The predicted molar refractivity (Wildman–Crippen MR) is 25.1 cm³/mol. The fourth-order valence-corrected chi connectivity index (χ4v) is 0.214. The molecule has 2 nitrogen and oxygen atoms in total. The minimum atomic E-state index is -1.12. The summed E-state index contributed by atoms with van der Waals surface area (Å²) < 4.78 is 0. The number of carbonyl (C=O) groups excluding carboxylic acids is 1. The summed E-state index contributed by atoms with van der Waals surface area (Å²) in [5.41, 5.74) is 0. The first-order valence-electron chi connectivity index (χ1n) is 2.15. The Labute approximate surface area is 42.5 Å². The molecule has 0 aromatic rings. The molecule has 0 unspecified atom stereocenters. The summed E-state index contributed by atoms with van der Waals surface area (Å²) in [5.74, 6) is -1.12. The van der Waals surface area contributed by atoms with Gasteiger partial charge in [-0.25, -0.2) is 9.90 Å². The first kappa shape index (κ1) is 6.21. The van der Waals surface area contributed by atoms with Crippen LogP contribution in [0, 0.1) is 0 Å². The number of hydrogen-bond donors (Lipinski definition) is 0. The van der Waals surface area contributed by atoms with Crippen LogP contribution in [0.2, 0.25) is 0 Å². The number of allylic oxidation sites excluding steroid dienone is 1. The van der Waals surface area contributed by atoms with Crippen molar-refractivity contribution in [2.24, 2.45) is 0 Å². The number of carbonyl (C=O) groups is 1. The van der Waals surface area contributed by atoms with Crippen LogP contribution in [0.25, 0.3) is 0 Å². The number of rotatable bonds is 2. The second kappa shape index (κ2) is 3.40. The Bertz CT molecular complexity index is 84.1. The average molecular weight is 99.1 g/mol. The van der Waals surface area contributed by atoms with Gasteiger partial charge in [-0.2, -0.15) is 0 Å². The van der Waals surface area contributed by atoms with E-state index in [4.69, 9.17) is 0 Å². The second-order valence-electron chi connectivity index (χ2n) is 1.13. The minimum absolute atomic E-state index is 0.744. The highest BCUT2D eigenvalue weighted by atomic mass is 16.4. The van der Waals surface area contributed by atoms with E-state index < -0.39 is 5.97 Å².